The fourth-order valence-electron chi connectivity index (χ4n) is 0. The van der Waals surface area contributed by atoms with Crippen molar-refractivity contribution in [3.63, 3.8) is 0 Å². The Morgan fingerprint density at radius 2 is 1.07 bits per heavy atom. The van der Waals surface area contributed by atoms with Gasteiger partial charge in [-0.3, -0.25) is 0 Å². The molecule has 2 N–H and O–H groups in total. The Morgan fingerprint density at radius 3 is 1.07 bits per heavy atom. The second-order valence-corrected chi connectivity index (χ2v) is 3.56. The summed E-state index contributed by atoms with van der Waals surface area (Å²) in [6.07, 6.45) is 1.25. The average molecular weight is 300 g/mol. The van der Waals surface area contributed by atoms with Gasteiger partial charge in [0.2, 0.25) is 10.0 Å². The predicted octanol–water partition coefficient (Wildman–Crippen LogP) is 2.39. The summed E-state index contributed by atoms with van der Waals surface area (Å²) >= 11 is 0. The van der Waals surface area contributed by atoms with Gasteiger partial charge in [0, 0.05) is 32.7 Å². The molecule has 0 aromatic heterocycles. The van der Waals surface area contributed by atoms with Crippen LogP contribution in [0, 0.1) is 13.8 Å². The van der Waals surface area contributed by atoms with Crippen molar-refractivity contribution in [2.75, 3.05) is 5.75 Å². The summed E-state index contributed by atoms with van der Waals surface area (Å²) in [6.45, 7) is 15.7. The van der Waals surface area contributed by atoms with Gasteiger partial charge in [-0.25, -0.2) is 13.6 Å². The van der Waals surface area contributed by atoms with E-state index in [1.807, 2.05) is 0 Å². The van der Waals surface area contributed by atoms with Crippen LogP contribution in [-0.2, 0) is 42.7 Å². The van der Waals surface area contributed by atoms with Crippen LogP contribution in [0.2, 0.25) is 0 Å². The Morgan fingerprint density at radius 1 is 1.00 bits per heavy atom. The van der Waals surface area contributed by atoms with Crippen LogP contribution >= 0.6 is 0 Å². The molecule has 0 fully saturated rings. The maximum atomic E-state index is 9.78. The molecular weight excluding hydrogens is 275 g/mol. The minimum atomic E-state index is -3.16. The molecule has 0 aliphatic carbocycles. The molecule has 0 spiro atoms. The van der Waals surface area contributed by atoms with Crippen LogP contribution in [0.25, 0.3) is 0 Å². The van der Waals surface area contributed by atoms with Crippen LogP contribution in [0.3, 0.4) is 0 Å². The largest absolute Gasteiger partial charge is 0.346 e. The van der Waals surface area contributed by atoms with Crippen molar-refractivity contribution in [3.8, 4) is 0 Å². The summed E-state index contributed by atoms with van der Waals surface area (Å²) in [6, 6.07) is 0. The first-order valence-corrected chi connectivity index (χ1v) is 6.11. The predicted molar refractivity (Wildman–Crippen MR) is 61.7 cm³/mol. The van der Waals surface area contributed by atoms with E-state index in [1.165, 1.54) is 13.3 Å². The summed E-state index contributed by atoms with van der Waals surface area (Å²) in [5, 5.41) is 4.51. The summed E-state index contributed by atoms with van der Waals surface area (Å²) in [5.41, 5.74) is 0. The maximum Gasteiger partial charge on any atom is 0.208 e. The molecule has 0 unspecified atom stereocenters. The first-order chi connectivity index (χ1) is 5.97. The third-order valence-electron chi connectivity index (χ3n) is 0.402. The molecule has 14 heavy (non-hydrogen) atoms. The quantitative estimate of drug-likeness (QED) is 0.756. The number of hydrogen-bond donors (Lipinski definition) is 1. The fourth-order valence-corrected chi connectivity index (χ4v) is 0. The number of rotatable bonds is 1. The van der Waals surface area contributed by atoms with E-state index in [2.05, 4.69) is 32.8 Å². The molecule has 0 heterocycles. The summed E-state index contributed by atoms with van der Waals surface area (Å²) in [5.74, 6) is 0.0208. The molecular formula is C9H25NO2SY-2. The first-order valence-electron chi connectivity index (χ1n) is 4.39. The van der Waals surface area contributed by atoms with Crippen LogP contribution in [0.1, 0.15) is 41.0 Å². The van der Waals surface area contributed by atoms with Crippen LogP contribution in [0.5, 0.6) is 0 Å². The fraction of sp³-hybridized carbons (Fsp3) is 0.778. The number of hydrogen-bond acceptors (Lipinski definition) is 2. The Hall–Kier alpha value is 1.01. The van der Waals surface area contributed by atoms with E-state index in [0.717, 1.165) is 0 Å². The van der Waals surface area contributed by atoms with Gasteiger partial charge < -0.3 is 13.8 Å². The van der Waals surface area contributed by atoms with Crippen molar-refractivity contribution < 1.29 is 41.1 Å². The Labute approximate surface area is 116 Å². The molecule has 89 valence electrons. The maximum absolute atomic E-state index is 9.78. The monoisotopic (exact) mass is 300 g/mol. The molecule has 0 atom stereocenters. The molecule has 0 rings (SSSR count). The van der Waals surface area contributed by atoms with Crippen molar-refractivity contribution in [1.29, 1.82) is 0 Å². The van der Waals surface area contributed by atoms with E-state index >= 15 is 0 Å². The first kappa shape index (κ1) is 29.4. The van der Waals surface area contributed by atoms with Crippen LogP contribution in [0.4, 0.5) is 0 Å². The van der Waals surface area contributed by atoms with Gasteiger partial charge >= 0.3 is 0 Å². The van der Waals surface area contributed by atoms with E-state index in [4.69, 9.17) is 0 Å². The van der Waals surface area contributed by atoms with E-state index in [-0.39, 0.29) is 38.5 Å². The molecule has 5 heteroatoms. The van der Waals surface area contributed by atoms with Crippen molar-refractivity contribution in [1.82, 2.24) is 0 Å². The van der Waals surface area contributed by atoms with Crippen molar-refractivity contribution in [2.24, 2.45) is 5.14 Å². The van der Waals surface area contributed by atoms with E-state index in [0.29, 0.717) is 0 Å². The Bertz CT molecular complexity index is 136. The number of sulfonamides is 1. The summed E-state index contributed by atoms with van der Waals surface area (Å²) in [7, 11) is -3.16. The zero-order valence-corrected chi connectivity index (χ0v) is 13.9. The number of primary sulfonamides is 1. The molecule has 1 radical (unpaired) electrons. The van der Waals surface area contributed by atoms with Gasteiger partial charge in [0.05, 0.1) is 5.75 Å². The molecule has 0 aromatic rings. The van der Waals surface area contributed by atoms with Gasteiger partial charge in [0.15, 0.2) is 0 Å². The minimum absolute atomic E-state index is 0. The topological polar surface area (TPSA) is 60.2 Å². The van der Waals surface area contributed by atoms with Crippen LogP contribution in [0.15, 0.2) is 0 Å². The molecule has 3 nitrogen and oxygen atoms in total. The SMILES string of the molecule is CCC.CCS(N)(=O)=O.[CH2-]C.[CH2-]C.[Y]. The second-order valence-electron chi connectivity index (χ2n) is 1.66. The van der Waals surface area contributed by atoms with Gasteiger partial charge in [0.1, 0.15) is 0 Å². The number of nitrogens with two attached hydrogens (primary N) is 1. The van der Waals surface area contributed by atoms with Crippen molar-refractivity contribution in [2.45, 2.75) is 41.0 Å². The second kappa shape index (κ2) is 29.2. The van der Waals surface area contributed by atoms with Crippen molar-refractivity contribution >= 4 is 10.0 Å². The van der Waals surface area contributed by atoms with Crippen LogP contribution < -0.4 is 5.14 Å². The van der Waals surface area contributed by atoms with Gasteiger partial charge in [-0.2, -0.15) is 13.8 Å². The molecule has 0 aliphatic rings. The van der Waals surface area contributed by atoms with E-state index in [9.17, 15) is 8.42 Å². The zero-order chi connectivity index (χ0) is 11.9. The third-order valence-corrected chi connectivity index (χ3v) is 1.21. The Balaban J connectivity index is -0.0000000292. The van der Waals surface area contributed by atoms with Gasteiger partial charge in [-0.15, -0.1) is 0 Å². The molecule has 0 saturated carbocycles. The standard InChI is InChI=1S/C3H8.C2H7NO2S.2C2H5.Y/c1-3-2;1-2-6(3,4)5;2*1-2;/h3H2,1-2H3;2H2,1H3,(H2,3,4,5);2*1H2,2H3;/q;;2*-1;. The molecule has 0 bridgehead atoms. The summed E-state index contributed by atoms with van der Waals surface area (Å²) < 4.78 is 19.6. The van der Waals surface area contributed by atoms with Gasteiger partial charge in [0.25, 0.3) is 0 Å². The van der Waals surface area contributed by atoms with Gasteiger partial charge in [-0.1, -0.05) is 20.3 Å². The smallest absolute Gasteiger partial charge is 0.208 e. The molecule has 0 saturated heterocycles. The van der Waals surface area contributed by atoms with E-state index in [1.54, 1.807) is 13.8 Å². The summed E-state index contributed by atoms with van der Waals surface area (Å²) in [4.78, 5) is 0. The molecule has 0 aliphatic heterocycles. The molecule has 0 amide bonds. The third kappa shape index (κ3) is 117. The average Bonchev–Trinajstić information content (AvgIpc) is 2.12. The van der Waals surface area contributed by atoms with E-state index < -0.39 is 10.0 Å². The minimum Gasteiger partial charge on any atom is -0.346 e. The Kier molecular flexibility index (Phi) is 61.4. The zero-order valence-electron chi connectivity index (χ0n) is 10.2. The van der Waals surface area contributed by atoms with Crippen LogP contribution in [-0.4, -0.2) is 14.2 Å². The molecule has 0 aromatic carbocycles. The van der Waals surface area contributed by atoms with Crippen molar-refractivity contribution in [3.05, 3.63) is 13.8 Å². The van der Waals surface area contributed by atoms with Gasteiger partial charge in [-0.05, 0) is 6.92 Å². The normalized spacial score (nSPS) is 7.14.